The summed E-state index contributed by atoms with van der Waals surface area (Å²) in [5.74, 6) is 0.392. The highest BCUT2D eigenvalue weighted by Gasteiger charge is 2.30. The molecule has 0 bridgehead atoms. The van der Waals surface area contributed by atoms with Crippen molar-refractivity contribution in [2.75, 3.05) is 26.5 Å². The molecule has 0 spiro atoms. The highest BCUT2D eigenvalue weighted by Crippen LogP contribution is 2.30. The second kappa shape index (κ2) is 8.73. The maximum absolute atomic E-state index is 12.6. The Morgan fingerprint density at radius 1 is 1.27 bits per heavy atom. The summed E-state index contributed by atoms with van der Waals surface area (Å²) in [7, 11) is -0.673. The molecule has 1 saturated heterocycles. The van der Waals surface area contributed by atoms with Crippen molar-refractivity contribution in [2.24, 2.45) is 5.73 Å². The first-order valence-electron chi connectivity index (χ1n) is 8.80. The van der Waals surface area contributed by atoms with E-state index >= 15 is 0 Å². The molecular weight excluding hydrogens is 356 g/mol. The number of carbonyl (C=O) groups excluding carboxylic acids is 1. The molecule has 0 radical (unpaired) electrons. The number of likely N-dealkylation sites (tertiary alicyclic amines) is 1. The zero-order chi connectivity index (χ0) is 19.3. The summed E-state index contributed by atoms with van der Waals surface area (Å²) in [6.45, 7) is 2.53. The molecule has 2 atom stereocenters. The van der Waals surface area contributed by atoms with Crippen LogP contribution < -0.4 is 15.2 Å². The Hall–Kier alpha value is -1.80. The van der Waals surface area contributed by atoms with Crippen LogP contribution in [0.1, 0.15) is 32.6 Å². The fourth-order valence-electron chi connectivity index (χ4n) is 3.31. The highest BCUT2D eigenvalue weighted by molar-refractivity contribution is 7.91. The first-order chi connectivity index (χ1) is 12.3. The molecule has 146 valence electrons. The van der Waals surface area contributed by atoms with Gasteiger partial charge in [0.15, 0.2) is 21.3 Å². The van der Waals surface area contributed by atoms with Gasteiger partial charge in [-0.25, -0.2) is 8.42 Å². The quantitative estimate of drug-likeness (QED) is 0.767. The molecule has 2 N–H and O–H groups in total. The van der Waals surface area contributed by atoms with Crippen molar-refractivity contribution >= 4 is 15.7 Å². The third-order valence-electron chi connectivity index (χ3n) is 4.78. The number of methoxy groups -OCH3 is 2. The number of piperidine rings is 1. The van der Waals surface area contributed by atoms with Crippen LogP contribution in [0.3, 0.4) is 0 Å². The lowest BCUT2D eigenvalue weighted by Crippen LogP contribution is -2.51. The van der Waals surface area contributed by atoms with Gasteiger partial charge in [-0.15, -0.1) is 0 Å². The number of hydrogen-bond donors (Lipinski definition) is 1. The van der Waals surface area contributed by atoms with Crippen molar-refractivity contribution in [3.05, 3.63) is 18.2 Å². The van der Waals surface area contributed by atoms with E-state index in [9.17, 15) is 13.2 Å². The molecule has 7 nitrogen and oxygen atoms in total. The molecule has 1 aromatic rings. The third kappa shape index (κ3) is 4.67. The number of rotatable bonds is 7. The van der Waals surface area contributed by atoms with Gasteiger partial charge in [0.1, 0.15) is 0 Å². The first kappa shape index (κ1) is 20.5. The lowest BCUT2D eigenvalue weighted by Gasteiger charge is -2.38. The van der Waals surface area contributed by atoms with E-state index in [4.69, 9.17) is 15.2 Å². The minimum atomic E-state index is -3.60. The van der Waals surface area contributed by atoms with Crippen LogP contribution in [0.4, 0.5) is 0 Å². The maximum Gasteiger partial charge on any atom is 0.223 e. The van der Waals surface area contributed by atoms with Crippen LogP contribution in [-0.4, -0.2) is 57.8 Å². The van der Waals surface area contributed by atoms with E-state index in [2.05, 4.69) is 0 Å². The predicted octanol–water partition coefficient (Wildman–Crippen LogP) is 1.60. The summed E-state index contributed by atoms with van der Waals surface area (Å²) in [4.78, 5) is 14.4. The molecule has 1 fully saturated rings. The van der Waals surface area contributed by atoms with Gasteiger partial charge in [-0.3, -0.25) is 4.79 Å². The SMILES string of the molecule is COc1ccc(S(=O)(=O)CCC(=O)N2CCCC[C@H]2[C@H](C)N)cc1OC. The molecule has 0 unspecified atom stereocenters. The summed E-state index contributed by atoms with van der Waals surface area (Å²) in [6, 6.07) is 4.29. The van der Waals surface area contributed by atoms with E-state index < -0.39 is 9.84 Å². The van der Waals surface area contributed by atoms with Crippen LogP contribution in [0, 0.1) is 0 Å². The summed E-state index contributed by atoms with van der Waals surface area (Å²) < 4.78 is 35.5. The Balaban J connectivity index is 2.08. The van der Waals surface area contributed by atoms with Crippen molar-refractivity contribution in [2.45, 2.75) is 49.6 Å². The maximum atomic E-state index is 12.6. The lowest BCUT2D eigenvalue weighted by atomic mass is 9.96. The molecule has 1 aliphatic heterocycles. The van der Waals surface area contributed by atoms with Crippen LogP contribution in [0.15, 0.2) is 23.1 Å². The van der Waals surface area contributed by atoms with Crippen molar-refractivity contribution in [3.8, 4) is 11.5 Å². The average Bonchev–Trinajstić information content (AvgIpc) is 2.65. The van der Waals surface area contributed by atoms with Gasteiger partial charge in [0.25, 0.3) is 0 Å². The smallest absolute Gasteiger partial charge is 0.223 e. The molecule has 1 amide bonds. The Morgan fingerprint density at radius 3 is 2.58 bits per heavy atom. The molecule has 0 aromatic heterocycles. The standard InChI is InChI=1S/C18H28N2O5S/c1-13(19)15-6-4-5-10-20(15)18(21)9-11-26(22,23)14-7-8-16(24-2)17(12-14)25-3/h7-8,12-13,15H,4-6,9-11,19H2,1-3H3/t13-,15-/m0/s1. The second-order valence-electron chi connectivity index (χ2n) is 6.60. The molecule has 1 aromatic carbocycles. The van der Waals surface area contributed by atoms with Crippen LogP contribution in [0.2, 0.25) is 0 Å². The number of carbonyl (C=O) groups is 1. The van der Waals surface area contributed by atoms with Gasteiger partial charge >= 0.3 is 0 Å². The number of sulfone groups is 1. The van der Waals surface area contributed by atoms with Crippen molar-refractivity contribution in [1.82, 2.24) is 4.90 Å². The monoisotopic (exact) mass is 384 g/mol. The zero-order valence-corrected chi connectivity index (χ0v) is 16.4. The van der Waals surface area contributed by atoms with E-state index in [1.165, 1.54) is 26.4 Å². The largest absolute Gasteiger partial charge is 0.493 e. The minimum absolute atomic E-state index is 0.0139. The Morgan fingerprint density at radius 2 is 1.96 bits per heavy atom. The van der Waals surface area contributed by atoms with Crippen LogP contribution in [0.5, 0.6) is 11.5 Å². The third-order valence-corrected chi connectivity index (χ3v) is 6.49. The molecule has 0 aliphatic carbocycles. The number of hydrogen-bond acceptors (Lipinski definition) is 6. The summed E-state index contributed by atoms with van der Waals surface area (Å²) in [5, 5.41) is 0. The van der Waals surface area contributed by atoms with Crippen molar-refractivity contribution in [1.29, 1.82) is 0 Å². The molecule has 8 heteroatoms. The number of nitrogens with zero attached hydrogens (tertiary/aromatic N) is 1. The highest BCUT2D eigenvalue weighted by atomic mass is 32.2. The number of nitrogens with two attached hydrogens (primary N) is 1. The minimum Gasteiger partial charge on any atom is -0.493 e. The number of ether oxygens (including phenoxy) is 2. The average molecular weight is 384 g/mol. The van der Waals surface area contributed by atoms with E-state index in [1.54, 1.807) is 11.0 Å². The van der Waals surface area contributed by atoms with E-state index in [0.29, 0.717) is 18.0 Å². The predicted molar refractivity (Wildman–Crippen MR) is 99.2 cm³/mol. The van der Waals surface area contributed by atoms with Crippen LogP contribution >= 0.6 is 0 Å². The molecule has 1 aliphatic rings. The van der Waals surface area contributed by atoms with Gasteiger partial charge in [-0.1, -0.05) is 0 Å². The Kier molecular flexibility index (Phi) is 6.88. The number of benzene rings is 1. The topological polar surface area (TPSA) is 98.9 Å². The van der Waals surface area contributed by atoms with Gasteiger partial charge in [0.2, 0.25) is 5.91 Å². The van der Waals surface area contributed by atoms with Crippen LogP contribution in [0.25, 0.3) is 0 Å². The zero-order valence-electron chi connectivity index (χ0n) is 15.6. The van der Waals surface area contributed by atoms with Crippen LogP contribution in [-0.2, 0) is 14.6 Å². The van der Waals surface area contributed by atoms with E-state index in [-0.39, 0.29) is 35.1 Å². The van der Waals surface area contributed by atoms with Crippen molar-refractivity contribution < 1.29 is 22.7 Å². The van der Waals surface area contributed by atoms with E-state index in [0.717, 1.165) is 19.3 Å². The second-order valence-corrected chi connectivity index (χ2v) is 8.70. The summed E-state index contributed by atoms with van der Waals surface area (Å²) >= 11 is 0. The van der Waals surface area contributed by atoms with Gasteiger partial charge in [0, 0.05) is 31.1 Å². The van der Waals surface area contributed by atoms with Crippen molar-refractivity contribution in [3.63, 3.8) is 0 Å². The van der Waals surface area contributed by atoms with Gasteiger partial charge in [-0.05, 0) is 38.3 Å². The summed E-state index contributed by atoms with van der Waals surface area (Å²) in [5.41, 5.74) is 5.99. The summed E-state index contributed by atoms with van der Waals surface area (Å²) in [6.07, 6.45) is 2.78. The van der Waals surface area contributed by atoms with Gasteiger partial charge in [-0.2, -0.15) is 0 Å². The first-order valence-corrected chi connectivity index (χ1v) is 10.4. The normalized spacial score (nSPS) is 19.1. The number of amides is 1. The van der Waals surface area contributed by atoms with Gasteiger partial charge in [0.05, 0.1) is 24.9 Å². The molecular formula is C18H28N2O5S. The molecule has 1 heterocycles. The molecule has 0 saturated carbocycles. The molecule has 2 rings (SSSR count). The van der Waals surface area contributed by atoms with E-state index in [1.807, 2.05) is 6.92 Å². The fraction of sp³-hybridized carbons (Fsp3) is 0.611. The Labute approximate surface area is 155 Å². The van der Waals surface area contributed by atoms with Gasteiger partial charge < -0.3 is 20.1 Å². The molecule has 26 heavy (non-hydrogen) atoms. The Bertz CT molecular complexity index is 733. The fourth-order valence-corrected chi connectivity index (χ4v) is 4.55. The lowest BCUT2D eigenvalue weighted by molar-refractivity contribution is -0.134.